The normalized spacial score (nSPS) is 36.7. The highest BCUT2D eigenvalue weighted by atomic mass is 79.9. The Balaban J connectivity index is 2.30. The van der Waals surface area contributed by atoms with Crippen LogP contribution in [0.1, 0.15) is 20.3 Å². The van der Waals surface area contributed by atoms with Gasteiger partial charge in [-0.3, -0.25) is 4.79 Å². The Bertz CT molecular complexity index is 520. The summed E-state index contributed by atoms with van der Waals surface area (Å²) in [7, 11) is 1.49. The smallest absolute Gasteiger partial charge is 0.333 e. The molecule has 0 aliphatic carbocycles. The molecule has 4 atom stereocenters. The van der Waals surface area contributed by atoms with Crippen LogP contribution in [0.5, 0.6) is 0 Å². The number of carbonyl (C=O) groups is 2. The van der Waals surface area contributed by atoms with E-state index in [1.54, 1.807) is 18.7 Å². The van der Waals surface area contributed by atoms with Gasteiger partial charge in [-0.2, -0.15) is 0 Å². The van der Waals surface area contributed by atoms with E-state index in [9.17, 15) is 9.59 Å². The Morgan fingerprint density at radius 3 is 2.52 bits per heavy atom. The fourth-order valence-electron chi connectivity index (χ4n) is 2.97. The molecule has 2 rings (SSSR count). The van der Waals surface area contributed by atoms with Crippen LogP contribution in [0.25, 0.3) is 0 Å². The molecule has 0 spiro atoms. The third-order valence-corrected chi connectivity index (χ3v) is 7.02. The number of hydrogen-bond acceptors (Lipinski definition) is 5. The van der Waals surface area contributed by atoms with E-state index >= 15 is 0 Å². The predicted octanol–water partition coefficient (Wildman–Crippen LogP) is 3.13. The van der Waals surface area contributed by atoms with E-state index in [2.05, 4.69) is 15.9 Å². The van der Waals surface area contributed by atoms with Gasteiger partial charge in [0.2, 0.25) is 3.79 Å². The van der Waals surface area contributed by atoms with Crippen LogP contribution in [-0.4, -0.2) is 61.4 Å². The Morgan fingerprint density at radius 1 is 1.43 bits per heavy atom. The number of rotatable bonds is 5. The van der Waals surface area contributed by atoms with Crippen LogP contribution in [0.2, 0.25) is 0 Å². The molecular weight excluding hydrogens is 452 g/mol. The molecule has 1 amide bonds. The highest BCUT2D eigenvalue weighted by Crippen LogP contribution is 2.59. The Labute approximate surface area is 162 Å². The van der Waals surface area contributed by atoms with E-state index in [1.807, 2.05) is 6.92 Å². The van der Waals surface area contributed by atoms with Crippen LogP contribution in [-0.2, 0) is 19.1 Å². The molecule has 2 aliphatic heterocycles. The lowest BCUT2D eigenvalue weighted by Gasteiger charge is -2.48. The molecule has 10 heteroatoms. The van der Waals surface area contributed by atoms with Gasteiger partial charge in [0.05, 0.1) is 0 Å². The quantitative estimate of drug-likeness (QED) is 0.352. The lowest BCUT2D eigenvalue weighted by atomic mass is 9.80. The fraction of sp³-hybridized carbons (Fsp3) is 0.846. The van der Waals surface area contributed by atoms with Crippen molar-refractivity contribution in [2.75, 3.05) is 19.0 Å². The van der Waals surface area contributed by atoms with Gasteiger partial charge in [0.25, 0.3) is 5.91 Å². The van der Waals surface area contributed by atoms with E-state index in [4.69, 9.17) is 44.3 Å². The van der Waals surface area contributed by atoms with Gasteiger partial charge in [0.1, 0.15) is 12.0 Å². The molecule has 132 valence electrons. The number of amides is 1. The van der Waals surface area contributed by atoms with Gasteiger partial charge < -0.3 is 14.4 Å². The van der Waals surface area contributed by atoms with E-state index in [0.717, 1.165) is 0 Å². The Kier molecular flexibility index (Phi) is 5.82. The van der Waals surface area contributed by atoms with Crippen molar-refractivity contribution in [2.24, 2.45) is 0 Å². The molecule has 0 radical (unpaired) electrons. The number of β-lactam (4-membered cyclic amide) rings is 1. The molecule has 0 aromatic heterocycles. The van der Waals surface area contributed by atoms with Crippen LogP contribution in [0.3, 0.4) is 0 Å². The molecular formula is C13H17BrCl3NO4S. The van der Waals surface area contributed by atoms with Gasteiger partial charge in [-0.05, 0) is 20.3 Å². The standard InChI is InChI=1S/C13H17BrCl3NO4S/c1-11(4-5-14)12(2,10(20)22-6-13(15,16)17)18-8(19)7(21-3)9(18)23-11/h7,9H,4-6H2,1-3H3/t7-,9+,11+,12-/m0/s1. The summed E-state index contributed by atoms with van der Waals surface area (Å²) in [5.74, 6) is -0.804. The van der Waals surface area contributed by atoms with Crippen molar-refractivity contribution in [1.29, 1.82) is 0 Å². The number of carbonyl (C=O) groups excluding carboxylic acids is 2. The van der Waals surface area contributed by atoms with Crippen LogP contribution < -0.4 is 0 Å². The summed E-state index contributed by atoms with van der Waals surface area (Å²) in [6, 6.07) is 0. The van der Waals surface area contributed by atoms with Crippen molar-refractivity contribution in [3.63, 3.8) is 0 Å². The summed E-state index contributed by atoms with van der Waals surface area (Å²) >= 11 is 21.9. The number of alkyl halides is 4. The molecule has 0 aromatic rings. The summed E-state index contributed by atoms with van der Waals surface area (Å²) in [5.41, 5.74) is -1.15. The maximum Gasteiger partial charge on any atom is 0.333 e. The van der Waals surface area contributed by atoms with E-state index in [-0.39, 0.29) is 17.9 Å². The zero-order chi connectivity index (χ0) is 17.6. The molecule has 0 unspecified atom stereocenters. The lowest BCUT2D eigenvalue weighted by Crippen LogP contribution is -2.72. The van der Waals surface area contributed by atoms with Crippen LogP contribution in [0.4, 0.5) is 0 Å². The number of hydrogen-bond donors (Lipinski definition) is 0. The van der Waals surface area contributed by atoms with Crippen LogP contribution >= 0.6 is 62.5 Å². The maximum atomic E-state index is 12.8. The van der Waals surface area contributed by atoms with E-state index < -0.39 is 26.2 Å². The summed E-state index contributed by atoms with van der Waals surface area (Å²) in [5, 5.41) is 0.456. The molecule has 23 heavy (non-hydrogen) atoms. The van der Waals surface area contributed by atoms with Gasteiger partial charge in [-0.15, -0.1) is 11.8 Å². The predicted molar refractivity (Wildman–Crippen MR) is 95.5 cm³/mol. The highest BCUT2D eigenvalue weighted by molar-refractivity contribution is 9.09. The Hall–Kier alpha value is 0.600. The monoisotopic (exact) mass is 467 g/mol. The molecule has 0 bridgehead atoms. The first kappa shape index (κ1) is 19.9. The van der Waals surface area contributed by atoms with Gasteiger partial charge in [-0.1, -0.05) is 50.7 Å². The van der Waals surface area contributed by atoms with Gasteiger partial charge in [-0.25, -0.2) is 4.79 Å². The number of methoxy groups -OCH3 is 1. The molecule has 2 heterocycles. The zero-order valence-electron chi connectivity index (χ0n) is 12.8. The summed E-state index contributed by atoms with van der Waals surface area (Å²) in [4.78, 5) is 26.7. The van der Waals surface area contributed by atoms with Crippen molar-refractivity contribution in [1.82, 2.24) is 4.90 Å². The second kappa shape index (κ2) is 6.72. The minimum absolute atomic E-state index is 0.220. The van der Waals surface area contributed by atoms with Crippen molar-refractivity contribution in [2.45, 2.75) is 45.8 Å². The third-order valence-electron chi connectivity index (χ3n) is 4.48. The van der Waals surface area contributed by atoms with Crippen molar-refractivity contribution < 1.29 is 19.1 Å². The average molecular weight is 470 g/mol. The van der Waals surface area contributed by atoms with Crippen LogP contribution in [0, 0.1) is 0 Å². The first-order valence-electron chi connectivity index (χ1n) is 6.85. The molecule has 0 N–H and O–H groups in total. The molecule has 5 nitrogen and oxygen atoms in total. The molecule has 0 saturated carbocycles. The summed E-state index contributed by atoms with van der Waals surface area (Å²) in [6.07, 6.45) is 0.116. The second-order valence-corrected chi connectivity index (χ2v) is 10.7. The molecule has 2 saturated heterocycles. The summed E-state index contributed by atoms with van der Waals surface area (Å²) < 4.78 is 8.19. The molecule has 2 fully saturated rings. The molecule has 2 aliphatic rings. The largest absolute Gasteiger partial charge is 0.459 e. The van der Waals surface area contributed by atoms with E-state index in [0.29, 0.717) is 11.8 Å². The van der Waals surface area contributed by atoms with Gasteiger partial charge in [0.15, 0.2) is 11.6 Å². The SMILES string of the molecule is CO[C@H]1C(=O)N2[C@@H]1S[C@](C)(CCBr)[C@]2(C)C(=O)OCC(Cl)(Cl)Cl. The topological polar surface area (TPSA) is 55.8 Å². The van der Waals surface area contributed by atoms with E-state index in [1.165, 1.54) is 12.0 Å². The number of fused-ring (bicyclic) bond motifs is 1. The van der Waals surface area contributed by atoms with Crippen LogP contribution in [0.15, 0.2) is 0 Å². The minimum Gasteiger partial charge on any atom is -0.459 e. The first-order chi connectivity index (χ1) is 10.5. The maximum absolute atomic E-state index is 12.8. The third kappa shape index (κ3) is 3.22. The fourth-order valence-corrected chi connectivity index (χ4v) is 6.12. The first-order valence-corrected chi connectivity index (χ1v) is 9.99. The van der Waals surface area contributed by atoms with Crippen molar-refractivity contribution in [3.05, 3.63) is 0 Å². The van der Waals surface area contributed by atoms with Gasteiger partial charge in [0, 0.05) is 17.2 Å². The lowest BCUT2D eigenvalue weighted by molar-refractivity contribution is -0.184. The highest BCUT2D eigenvalue weighted by Gasteiger charge is 2.72. The Morgan fingerprint density at radius 2 is 2.04 bits per heavy atom. The number of ether oxygens (including phenoxy) is 2. The van der Waals surface area contributed by atoms with Crippen molar-refractivity contribution >= 4 is 74.4 Å². The molecule has 0 aromatic carbocycles. The second-order valence-electron chi connectivity index (χ2n) is 5.81. The number of halogens is 4. The minimum atomic E-state index is -1.70. The number of esters is 1. The van der Waals surface area contributed by atoms with Crippen molar-refractivity contribution in [3.8, 4) is 0 Å². The van der Waals surface area contributed by atoms with Gasteiger partial charge >= 0.3 is 5.97 Å². The number of thioether (sulfide) groups is 1. The average Bonchev–Trinajstić information content (AvgIpc) is 2.63. The zero-order valence-corrected chi connectivity index (χ0v) is 17.4. The summed E-state index contributed by atoms with van der Waals surface area (Å²) in [6.45, 7) is 3.27. The number of nitrogens with zero attached hydrogens (tertiary/aromatic N) is 1.